The van der Waals surface area contributed by atoms with E-state index in [9.17, 15) is 8.78 Å². The van der Waals surface area contributed by atoms with Crippen molar-refractivity contribution in [3.63, 3.8) is 0 Å². The number of anilines is 2. The fourth-order valence-corrected chi connectivity index (χ4v) is 1.52. The van der Waals surface area contributed by atoms with Crippen LogP contribution in [0.5, 0.6) is 0 Å². The van der Waals surface area contributed by atoms with E-state index in [1.165, 1.54) is 18.5 Å². The zero-order valence-electron chi connectivity index (χ0n) is 9.12. The maximum absolute atomic E-state index is 13.4. The first-order valence-electron chi connectivity index (χ1n) is 5.01. The Bertz CT molecular complexity index is 577. The number of nitrogen functional groups attached to an aromatic ring is 1. The SMILES string of the molecule is Nc1ncnc(NCc2ccc(F)cc2F)c1Cl. The highest BCUT2D eigenvalue weighted by atomic mass is 35.5. The standard InChI is InChI=1S/C11H9ClF2N4/c12-9-10(15)17-5-18-11(9)16-4-6-1-2-7(13)3-8(6)14/h1-3,5H,4H2,(H3,15,16,17,18). The molecule has 18 heavy (non-hydrogen) atoms. The molecule has 1 heterocycles. The monoisotopic (exact) mass is 270 g/mol. The van der Waals surface area contributed by atoms with E-state index in [4.69, 9.17) is 17.3 Å². The molecule has 0 aliphatic rings. The van der Waals surface area contributed by atoms with E-state index >= 15 is 0 Å². The van der Waals surface area contributed by atoms with E-state index in [2.05, 4.69) is 15.3 Å². The highest BCUT2D eigenvalue weighted by Crippen LogP contribution is 2.23. The van der Waals surface area contributed by atoms with Gasteiger partial charge < -0.3 is 11.1 Å². The zero-order chi connectivity index (χ0) is 13.1. The third-order valence-electron chi connectivity index (χ3n) is 2.28. The first-order valence-corrected chi connectivity index (χ1v) is 5.39. The Hall–Kier alpha value is -1.95. The Labute approximate surface area is 107 Å². The van der Waals surface area contributed by atoms with Crippen LogP contribution in [0.15, 0.2) is 24.5 Å². The lowest BCUT2D eigenvalue weighted by atomic mass is 10.2. The summed E-state index contributed by atoms with van der Waals surface area (Å²) in [7, 11) is 0. The predicted octanol–water partition coefficient (Wildman–Crippen LogP) is 2.60. The number of rotatable bonds is 3. The van der Waals surface area contributed by atoms with Crippen LogP contribution in [0.3, 0.4) is 0 Å². The Kier molecular flexibility index (Phi) is 3.57. The normalized spacial score (nSPS) is 10.4. The van der Waals surface area contributed by atoms with Gasteiger partial charge in [0.25, 0.3) is 0 Å². The Morgan fingerprint density at radius 2 is 2.06 bits per heavy atom. The molecule has 7 heteroatoms. The van der Waals surface area contributed by atoms with Crippen LogP contribution in [-0.2, 0) is 6.54 Å². The van der Waals surface area contributed by atoms with Crippen molar-refractivity contribution in [1.82, 2.24) is 9.97 Å². The number of halogens is 3. The Morgan fingerprint density at radius 3 is 2.78 bits per heavy atom. The van der Waals surface area contributed by atoms with Gasteiger partial charge in [-0.1, -0.05) is 17.7 Å². The maximum Gasteiger partial charge on any atom is 0.150 e. The number of hydrogen-bond acceptors (Lipinski definition) is 4. The van der Waals surface area contributed by atoms with Crippen molar-refractivity contribution in [3.05, 3.63) is 46.7 Å². The second-order valence-corrected chi connectivity index (χ2v) is 3.89. The molecule has 0 atom stereocenters. The number of nitrogens with two attached hydrogens (primary N) is 1. The minimum atomic E-state index is -0.638. The fraction of sp³-hybridized carbons (Fsp3) is 0.0909. The van der Waals surface area contributed by atoms with Crippen molar-refractivity contribution in [2.75, 3.05) is 11.1 Å². The Morgan fingerprint density at radius 1 is 1.28 bits per heavy atom. The molecule has 0 fully saturated rings. The first-order chi connectivity index (χ1) is 8.58. The number of benzene rings is 1. The molecule has 2 aromatic rings. The van der Waals surface area contributed by atoms with Crippen LogP contribution in [0.25, 0.3) is 0 Å². The van der Waals surface area contributed by atoms with Gasteiger partial charge in [0.15, 0.2) is 5.82 Å². The molecule has 94 valence electrons. The predicted molar refractivity (Wildman–Crippen MR) is 65.1 cm³/mol. The van der Waals surface area contributed by atoms with E-state index in [-0.39, 0.29) is 17.4 Å². The second kappa shape index (κ2) is 5.14. The van der Waals surface area contributed by atoms with Gasteiger partial charge in [0.05, 0.1) is 0 Å². The minimum absolute atomic E-state index is 0.113. The lowest BCUT2D eigenvalue weighted by molar-refractivity contribution is 0.574. The summed E-state index contributed by atoms with van der Waals surface area (Å²) >= 11 is 5.86. The Balaban J connectivity index is 2.14. The zero-order valence-corrected chi connectivity index (χ0v) is 9.88. The van der Waals surface area contributed by atoms with Gasteiger partial charge >= 0.3 is 0 Å². The largest absolute Gasteiger partial charge is 0.382 e. The van der Waals surface area contributed by atoms with Crippen LogP contribution >= 0.6 is 11.6 Å². The average Bonchev–Trinajstić information content (AvgIpc) is 2.33. The molecular formula is C11H9ClF2N4. The van der Waals surface area contributed by atoms with Crippen molar-refractivity contribution in [1.29, 1.82) is 0 Å². The van der Waals surface area contributed by atoms with Crippen LogP contribution in [-0.4, -0.2) is 9.97 Å². The number of hydrogen-bond donors (Lipinski definition) is 2. The molecule has 0 aliphatic carbocycles. The first kappa shape index (κ1) is 12.5. The topological polar surface area (TPSA) is 63.8 Å². The molecule has 0 aliphatic heterocycles. The van der Waals surface area contributed by atoms with Gasteiger partial charge in [0.1, 0.15) is 28.8 Å². The van der Waals surface area contributed by atoms with E-state index in [1.54, 1.807) is 0 Å². The van der Waals surface area contributed by atoms with Crippen molar-refractivity contribution in [2.45, 2.75) is 6.54 Å². The van der Waals surface area contributed by atoms with Gasteiger partial charge in [0.2, 0.25) is 0 Å². The third-order valence-corrected chi connectivity index (χ3v) is 2.65. The molecule has 4 nitrogen and oxygen atoms in total. The fourth-order valence-electron chi connectivity index (χ4n) is 1.35. The van der Waals surface area contributed by atoms with Crippen LogP contribution in [0.4, 0.5) is 20.4 Å². The molecule has 1 aromatic carbocycles. The molecule has 0 saturated carbocycles. The third kappa shape index (κ3) is 2.65. The van der Waals surface area contributed by atoms with Gasteiger partial charge in [-0.15, -0.1) is 0 Å². The molecule has 0 spiro atoms. The van der Waals surface area contributed by atoms with Gasteiger partial charge in [-0.2, -0.15) is 0 Å². The number of aromatic nitrogens is 2. The molecule has 0 saturated heterocycles. The maximum atomic E-state index is 13.4. The highest BCUT2D eigenvalue weighted by molar-refractivity contribution is 6.35. The summed E-state index contributed by atoms with van der Waals surface area (Å²) in [6.07, 6.45) is 1.24. The van der Waals surface area contributed by atoms with Crippen molar-refractivity contribution in [3.8, 4) is 0 Å². The smallest absolute Gasteiger partial charge is 0.150 e. The van der Waals surface area contributed by atoms with E-state index in [0.717, 1.165) is 6.07 Å². The summed E-state index contributed by atoms with van der Waals surface area (Å²) in [4.78, 5) is 7.57. The molecule has 0 unspecified atom stereocenters. The lowest BCUT2D eigenvalue weighted by Gasteiger charge is -2.08. The van der Waals surface area contributed by atoms with Crippen molar-refractivity contribution < 1.29 is 8.78 Å². The molecule has 0 amide bonds. The summed E-state index contributed by atoms with van der Waals surface area (Å²) < 4.78 is 26.1. The average molecular weight is 271 g/mol. The van der Waals surface area contributed by atoms with Crippen LogP contribution < -0.4 is 11.1 Å². The summed E-state index contributed by atoms with van der Waals surface area (Å²) in [5, 5.41) is 2.97. The van der Waals surface area contributed by atoms with Crippen LogP contribution in [0.1, 0.15) is 5.56 Å². The summed E-state index contributed by atoms with van der Waals surface area (Å²) in [6, 6.07) is 3.33. The van der Waals surface area contributed by atoms with E-state index in [0.29, 0.717) is 11.4 Å². The highest BCUT2D eigenvalue weighted by Gasteiger charge is 2.08. The molecule has 1 aromatic heterocycles. The summed E-state index contributed by atoms with van der Waals surface area (Å²) in [5.41, 5.74) is 5.79. The van der Waals surface area contributed by atoms with Crippen LogP contribution in [0.2, 0.25) is 5.02 Å². The van der Waals surface area contributed by atoms with E-state index in [1.807, 2.05) is 0 Å². The minimum Gasteiger partial charge on any atom is -0.382 e. The number of nitrogens with one attached hydrogen (secondary N) is 1. The molecule has 2 rings (SSSR count). The van der Waals surface area contributed by atoms with Gasteiger partial charge in [-0.25, -0.2) is 18.7 Å². The summed E-state index contributed by atoms with van der Waals surface area (Å²) in [6.45, 7) is 0.113. The lowest BCUT2D eigenvalue weighted by Crippen LogP contribution is -2.06. The number of nitrogens with zero attached hydrogens (tertiary/aromatic N) is 2. The quantitative estimate of drug-likeness (QED) is 0.900. The molecule has 0 bridgehead atoms. The van der Waals surface area contributed by atoms with Gasteiger partial charge in [0, 0.05) is 18.2 Å². The summed E-state index contributed by atoms with van der Waals surface area (Å²) in [5.74, 6) is -0.831. The molecule has 0 radical (unpaired) electrons. The van der Waals surface area contributed by atoms with Crippen LogP contribution in [0, 0.1) is 11.6 Å². The van der Waals surface area contributed by atoms with Gasteiger partial charge in [-0.3, -0.25) is 0 Å². The van der Waals surface area contributed by atoms with Crippen molar-refractivity contribution in [2.24, 2.45) is 0 Å². The van der Waals surface area contributed by atoms with Crippen molar-refractivity contribution >= 4 is 23.2 Å². The molecule has 3 N–H and O–H groups in total. The van der Waals surface area contributed by atoms with Gasteiger partial charge in [-0.05, 0) is 6.07 Å². The van der Waals surface area contributed by atoms with E-state index < -0.39 is 11.6 Å². The molecular weight excluding hydrogens is 262 g/mol. The second-order valence-electron chi connectivity index (χ2n) is 3.51.